The number of carbonyl (C=O) groups excluding carboxylic acids is 2. The van der Waals surface area contributed by atoms with Gasteiger partial charge >= 0.3 is 0 Å². The van der Waals surface area contributed by atoms with Gasteiger partial charge in [-0.2, -0.15) is 0 Å². The van der Waals surface area contributed by atoms with Crippen LogP contribution >= 0.6 is 0 Å². The molecule has 0 bridgehead atoms. The number of morpholine rings is 1. The summed E-state index contributed by atoms with van der Waals surface area (Å²) in [5, 5.41) is 0. The van der Waals surface area contributed by atoms with Gasteiger partial charge < -0.3 is 10.5 Å². The Bertz CT molecular complexity index is 481. The van der Waals surface area contributed by atoms with Gasteiger partial charge in [0.1, 0.15) is 13.2 Å². The van der Waals surface area contributed by atoms with E-state index in [1.165, 1.54) is 0 Å². The van der Waals surface area contributed by atoms with Gasteiger partial charge in [0.15, 0.2) is 0 Å². The normalized spacial score (nSPS) is 16.5. The number of nitrogen functional groups attached to an aromatic ring is 1. The summed E-state index contributed by atoms with van der Waals surface area (Å²) in [6, 6.07) is 3.52. The molecule has 2 amide bonds. The summed E-state index contributed by atoms with van der Waals surface area (Å²) in [6.07, 6.45) is 0. The first-order chi connectivity index (χ1) is 8.00. The molecular formula is C12H14N2O3. The topological polar surface area (TPSA) is 72.6 Å². The number of hydrogen-bond acceptors (Lipinski definition) is 4. The van der Waals surface area contributed by atoms with E-state index in [1.54, 1.807) is 6.07 Å². The van der Waals surface area contributed by atoms with Crippen LogP contribution < -0.4 is 10.6 Å². The molecule has 5 heteroatoms. The monoisotopic (exact) mass is 234 g/mol. The van der Waals surface area contributed by atoms with Crippen molar-refractivity contribution >= 4 is 23.2 Å². The first-order valence-corrected chi connectivity index (χ1v) is 5.31. The summed E-state index contributed by atoms with van der Waals surface area (Å²) in [4.78, 5) is 24.5. The average molecular weight is 234 g/mol. The Kier molecular flexibility index (Phi) is 2.85. The van der Waals surface area contributed by atoms with Crippen molar-refractivity contribution in [3.63, 3.8) is 0 Å². The number of amides is 2. The summed E-state index contributed by atoms with van der Waals surface area (Å²) in [7, 11) is 0. The fourth-order valence-electron chi connectivity index (χ4n) is 1.86. The van der Waals surface area contributed by atoms with Crippen LogP contribution in [0.4, 0.5) is 11.4 Å². The van der Waals surface area contributed by atoms with Crippen LogP contribution in [0.1, 0.15) is 11.1 Å². The molecular weight excluding hydrogens is 220 g/mol. The predicted molar refractivity (Wildman–Crippen MR) is 63.6 cm³/mol. The number of nitrogens with two attached hydrogens (primary N) is 1. The van der Waals surface area contributed by atoms with Gasteiger partial charge in [-0.3, -0.25) is 9.59 Å². The number of ether oxygens (including phenoxy) is 1. The summed E-state index contributed by atoms with van der Waals surface area (Å²) in [6.45, 7) is 3.59. The molecule has 0 spiro atoms. The van der Waals surface area contributed by atoms with Crippen molar-refractivity contribution < 1.29 is 14.3 Å². The fourth-order valence-corrected chi connectivity index (χ4v) is 1.86. The first-order valence-electron chi connectivity index (χ1n) is 5.31. The van der Waals surface area contributed by atoms with Crippen molar-refractivity contribution in [2.45, 2.75) is 13.8 Å². The molecule has 1 aliphatic rings. The molecule has 2 rings (SSSR count). The maximum Gasteiger partial charge on any atom is 0.259 e. The zero-order valence-electron chi connectivity index (χ0n) is 9.82. The molecule has 5 nitrogen and oxygen atoms in total. The lowest BCUT2D eigenvalue weighted by molar-refractivity contribution is -0.138. The van der Waals surface area contributed by atoms with Gasteiger partial charge in [0.2, 0.25) is 0 Å². The molecule has 0 aliphatic carbocycles. The molecule has 0 aromatic heterocycles. The van der Waals surface area contributed by atoms with Crippen LogP contribution in [0.3, 0.4) is 0 Å². The quantitative estimate of drug-likeness (QED) is 0.575. The highest BCUT2D eigenvalue weighted by atomic mass is 16.5. The van der Waals surface area contributed by atoms with Gasteiger partial charge in [0.05, 0.1) is 5.69 Å². The molecule has 1 heterocycles. The molecule has 17 heavy (non-hydrogen) atoms. The van der Waals surface area contributed by atoms with Crippen molar-refractivity contribution in [1.82, 2.24) is 0 Å². The first kappa shape index (κ1) is 11.6. The second-order valence-electron chi connectivity index (χ2n) is 4.11. The van der Waals surface area contributed by atoms with Gasteiger partial charge in [-0.15, -0.1) is 0 Å². The van der Waals surface area contributed by atoms with Crippen molar-refractivity contribution in [3.05, 3.63) is 23.3 Å². The number of carbonyl (C=O) groups is 2. The molecule has 1 aromatic rings. The average Bonchev–Trinajstić information content (AvgIpc) is 2.25. The second-order valence-corrected chi connectivity index (χ2v) is 4.11. The largest absolute Gasteiger partial charge is 0.398 e. The van der Waals surface area contributed by atoms with E-state index >= 15 is 0 Å². The van der Waals surface area contributed by atoms with E-state index < -0.39 is 0 Å². The van der Waals surface area contributed by atoms with Gasteiger partial charge in [-0.1, -0.05) is 6.07 Å². The van der Waals surface area contributed by atoms with Crippen LogP contribution in [-0.4, -0.2) is 25.0 Å². The summed E-state index contributed by atoms with van der Waals surface area (Å²) >= 11 is 0. The van der Waals surface area contributed by atoms with Crippen molar-refractivity contribution in [2.24, 2.45) is 0 Å². The van der Waals surface area contributed by atoms with E-state index in [9.17, 15) is 9.59 Å². The number of hydrogen-bond donors (Lipinski definition) is 1. The summed E-state index contributed by atoms with van der Waals surface area (Å²) in [5.74, 6) is -0.708. The van der Waals surface area contributed by atoms with Gasteiger partial charge in [0, 0.05) is 5.69 Å². The SMILES string of the molecule is Cc1cc(C)c(N2C(=O)COCC2=O)cc1N. The van der Waals surface area contributed by atoms with E-state index in [4.69, 9.17) is 10.5 Å². The zero-order chi connectivity index (χ0) is 12.6. The van der Waals surface area contributed by atoms with Crippen molar-refractivity contribution in [1.29, 1.82) is 0 Å². The third-order valence-corrected chi connectivity index (χ3v) is 2.78. The molecule has 0 unspecified atom stereocenters. The molecule has 1 aliphatic heterocycles. The van der Waals surface area contributed by atoms with E-state index in [1.807, 2.05) is 19.9 Å². The summed E-state index contributed by atoms with van der Waals surface area (Å²) < 4.78 is 4.87. The molecule has 1 aromatic carbocycles. The Balaban J connectivity index is 2.48. The minimum atomic E-state index is -0.354. The molecule has 0 saturated carbocycles. The van der Waals surface area contributed by atoms with Crippen LogP contribution in [0.5, 0.6) is 0 Å². The van der Waals surface area contributed by atoms with Crippen LogP contribution in [0.2, 0.25) is 0 Å². The van der Waals surface area contributed by atoms with Crippen molar-refractivity contribution in [2.75, 3.05) is 23.8 Å². The molecule has 90 valence electrons. The maximum absolute atomic E-state index is 11.7. The minimum Gasteiger partial charge on any atom is -0.398 e. The highest BCUT2D eigenvalue weighted by Gasteiger charge is 2.29. The molecule has 0 atom stereocenters. The standard InChI is InChI=1S/C12H14N2O3/c1-7-3-8(2)10(4-9(7)13)14-11(15)5-17-6-12(14)16/h3-4H,5-6,13H2,1-2H3. The fraction of sp³-hybridized carbons (Fsp3) is 0.333. The molecule has 2 N–H and O–H groups in total. The summed E-state index contributed by atoms with van der Waals surface area (Å²) in [5.41, 5.74) is 8.70. The lowest BCUT2D eigenvalue weighted by atomic mass is 10.1. The van der Waals surface area contributed by atoms with Crippen LogP contribution in [0.25, 0.3) is 0 Å². The Morgan fingerprint density at radius 1 is 1.12 bits per heavy atom. The molecule has 1 fully saturated rings. The highest BCUT2D eigenvalue weighted by Crippen LogP contribution is 2.27. The van der Waals surface area contributed by atoms with Crippen LogP contribution in [0.15, 0.2) is 12.1 Å². The van der Waals surface area contributed by atoms with Gasteiger partial charge in [-0.25, -0.2) is 4.90 Å². The molecule has 0 radical (unpaired) electrons. The number of aryl methyl sites for hydroxylation is 2. The third kappa shape index (κ3) is 2.01. The second kappa shape index (κ2) is 4.18. The lowest BCUT2D eigenvalue weighted by Crippen LogP contribution is -2.46. The Hall–Kier alpha value is -1.88. The number of rotatable bonds is 1. The van der Waals surface area contributed by atoms with E-state index in [0.29, 0.717) is 11.4 Å². The zero-order valence-corrected chi connectivity index (χ0v) is 9.82. The Labute approximate surface area is 99.2 Å². The predicted octanol–water partition coefficient (Wildman–Crippen LogP) is 0.775. The van der Waals surface area contributed by atoms with E-state index in [0.717, 1.165) is 16.0 Å². The van der Waals surface area contributed by atoms with Crippen LogP contribution in [0, 0.1) is 13.8 Å². The minimum absolute atomic E-state index is 0.0705. The number of imide groups is 1. The smallest absolute Gasteiger partial charge is 0.259 e. The number of nitrogens with zero attached hydrogens (tertiary/aromatic N) is 1. The van der Waals surface area contributed by atoms with E-state index in [2.05, 4.69) is 0 Å². The van der Waals surface area contributed by atoms with Gasteiger partial charge in [0.25, 0.3) is 11.8 Å². The number of anilines is 2. The van der Waals surface area contributed by atoms with Gasteiger partial charge in [-0.05, 0) is 31.0 Å². The Morgan fingerprint density at radius 2 is 1.71 bits per heavy atom. The van der Waals surface area contributed by atoms with E-state index in [-0.39, 0.29) is 25.0 Å². The van der Waals surface area contributed by atoms with Crippen molar-refractivity contribution in [3.8, 4) is 0 Å². The Morgan fingerprint density at radius 3 is 2.29 bits per heavy atom. The third-order valence-electron chi connectivity index (χ3n) is 2.78. The van der Waals surface area contributed by atoms with Crippen LogP contribution in [-0.2, 0) is 14.3 Å². The maximum atomic E-state index is 11.7. The highest BCUT2D eigenvalue weighted by molar-refractivity contribution is 6.17. The number of benzene rings is 1. The lowest BCUT2D eigenvalue weighted by Gasteiger charge is -2.26. The molecule has 1 saturated heterocycles.